The predicted molar refractivity (Wildman–Crippen MR) is 79.2 cm³/mol. The van der Waals surface area contributed by atoms with E-state index in [1.165, 1.54) is 18.2 Å². The van der Waals surface area contributed by atoms with Gasteiger partial charge >= 0.3 is 0 Å². The monoisotopic (exact) mass is 292 g/mol. The van der Waals surface area contributed by atoms with Crippen molar-refractivity contribution in [2.24, 2.45) is 0 Å². The average Bonchev–Trinajstić information content (AvgIpc) is 2.36. The van der Waals surface area contributed by atoms with Gasteiger partial charge in [0.15, 0.2) is 0 Å². The van der Waals surface area contributed by atoms with Crippen LogP contribution in [0.2, 0.25) is 0 Å². The van der Waals surface area contributed by atoms with Crippen molar-refractivity contribution < 1.29 is 13.5 Å². The molecule has 2 aromatic carbocycles. The zero-order chi connectivity index (χ0) is 14.9. The number of phenols is 1. The Labute approximate surface area is 118 Å². The summed E-state index contributed by atoms with van der Waals surface area (Å²) in [6.45, 7) is 3.76. The number of anilines is 2. The number of nitrogen functional groups attached to an aromatic ring is 1. The van der Waals surface area contributed by atoms with Crippen LogP contribution in [0.1, 0.15) is 11.1 Å². The SMILES string of the molecule is Cc1ccc(S(=O)(=O)Nc2ccc(O)cc2N)cc1C. The van der Waals surface area contributed by atoms with Crippen LogP contribution in [0.3, 0.4) is 0 Å². The molecule has 0 heterocycles. The highest BCUT2D eigenvalue weighted by molar-refractivity contribution is 7.92. The number of nitrogens with one attached hydrogen (secondary N) is 1. The summed E-state index contributed by atoms with van der Waals surface area (Å²) in [6.07, 6.45) is 0. The number of aryl methyl sites for hydroxylation is 2. The standard InChI is InChI=1S/C14H16N2O3S/c1-9-3-5-12(7-10(9)2)20(18,19)16-14-6-4-11(17)8-13(14)15/h3-8,16-17H,15H2,1-2H3. The molecular weight excluding hydrogens is 276 g/mol. The first-order valence-electron chi connectivity index (χ1n) is 5.98. The summed E-state index contributed by atoms with van der Waals surface area (Å²) in [5.41, 5.74) is 7.99. The van der Waals surface area contributed by atoms with Crippen LogP contribution >= 0.6 is 0 Å². The molecule has 0 aliphatic heterocycles. The van der Waals surface area contributed by atoms with E-state index in [1.807, 2.05) is 13.8 Å². The quantitative estimate of drug-likeness (QED) is 0.598. The molecular formula is C14H16N2O3S. The number of sulfonamides is 1. The van der Waals surface area contributed by atoms with Crippen molar-refractivity contribution in [1.29, 1.82) is 0 Å². The Bertz CT molecular complexity index is 755. The molecule has 0 saturated heterocycles. The highest BCUT2D eigenvalue weighted by Gasteiger charge is 2.16. The summed E-state index contributed by atoms with van der Waals surface area (Å²) in [6, 6.07) is 8.98. The predicted octanol–water partition coefficient (Wildman–Crippen LogP) is 2.39. The van der Waals surface area contributed by atoms with Gasteiger partial charge in [-0.15, -0.1) is 0 Å². The van der Waals surface area contributed by atoms with Crippen LogP contribution in [0.25, 0.3) is 0 Å². The van der Waals surface area contributed by atoms with Crippen LogP contribution in [0.15, 0.2) is 41.3 Å². The second kappa shape index (κ2) is 5.05. The minimum absolute atomic E-state index is 0.0170. The number of aromatic hydroxyl groups is 1. The van der Waals surface area contributed by atoms with Crippen molar-refractivity contribution in [3.63, 3.8) is 0 Å². The van der Waals surface area contributed by atoms with Gasteiger partial charge < -0.3 is 10.8 Å². The summed E-state index contributed by atoms with van der Waals surface area (Å²) in [4.78, 5) is 0.174. The van der Waals surface area contributed by atoms with Crippen molar-refractivity contribution in [2.75, 3.05) is 10.5 Å². The number of nitrogens with two attached hydrogens (primary N) is 1. The smallest absolute Gasteiger partial charge is 0.261 e. The van der Waals surface area contributed by atoms with E-state index in [1.54, 1.807) is 18.2 Å². The molecule has 0 aliphatic carbocycles. The minimum Gasteiger partial charge on any atom is -0.508 e. The molecule has 2 aromatic rings. The van der Waals surface area contributed by atoms with Crippen LogP contribution < -0.4 is 10.5 Å². The molecule has 0 spiro atoms. The second-order valence-electron chi connectivity index (χ2n) is 4.62. The number of hydrogen-bond donors (Lipinski definition) is 3. The first-order valence-corrected chi connectivity index (χ1v) is 7.46. The molecule has 0 fully saturated rings. The van der Waals surface area contributed by atoms with E-state index < -0.39 is 10.0 Å². The molecule has 0 atom stereocenters. The van der Waals surface area contributed by atoms with Crippen molar-refractivity contribution in [2.45, 2.75) is 18.7 Å². The van der Waals surface area contributed by atoms with Crippen LogP contribution in [-0.4, -0.2) is 13.5 Å². The molecule has 0 aliphatic rings. The highest BCUT2D eigenvalue weighted by Crippen LogP contribution is 2.26. The lowest BCUT2D eigenvalue weighted by molar-refractivity contribution is 0.475. The van der Waals surface area contributed by atoms with Gasteiger partial charge in [0.2, 0.25) is 0 Å². The second-order valence-corrected chi connectivity index (χ2v) is 6.31. The molecule has 0 amide bonds. The Morgan fingerprint density at radius 3 is 2.35 bits per heavy atom. The van der Waals surface area contributed by atoms with E-state index in [0.29, 0.717) is 0 Å². The number of hydrogen-bond acceptors (Lipinski definition) is 4. The topological polar surface area (TPSA) is 92.4 Å². The number of rotatable bonds is 3. The molecule has 4 N–H and O–H groups in total. The van der Waals surface area contributed by atoms with Crippen LogP contribution in [0, 0.1) is 13.8 Å². The van der Waals surface area contributed by atoms with Crippen molar-refractivity contribution in [3.8, 4) is 5.75 Å². The van der Waals surface area contributed by atoms with Gasteiger partial charge in [-0.1, -0.05) is 6.07 Å². The van der Waals surface area contributed by atoms with Crippen LogP contribution in [-0.2, 0) is 10.0 Å². The van der Waals surface area contributed by atoms with E-state index >= 15 is 0 Å². The first kappa shape index (κ1) is 14.2. The Morgan fingerprint density at radius 2 is 1.75 bits per heavy atom. The molecule has 5 nitrogen and oxygen atoms in total. The van der Waals surface area contributed by atoms with Crippen LogP contribution in [0.5, 0.6) is 5.75 Å². The summed E-state index contributed by atoms with van der Waals surface area (Å²) >= 11 is 0. The van der Waals surface area contributed by atoms with Crippen molar-refractivity contribution in [3.05, 3.63) is 47.5 Å². The zero-order valence-corrected chi connectivity index (χ0v) is 12.0. The van der Waals surface area contributed by atoms with Gasteiger partial charge in [-0.2, -0.15) is 0 Å². The van der Waals surface area contributed by atoms with Crippen LogP contribution in [0.4, 0.5) is 11.4 Å². The summed E-state index contributed by atoms with van der Waals surface area (Å²) < 4.78 is 27.0. The maximum Gasteiger partial charge on any atom is 0.261 e. The van der Waals surface area contributed by atoms with Crippen molar-refractivity contribution in [1.82, 2.24) is 0 Å². The molecule has 6 heteroatoms. The Kier molecular flexibility index (Phi) is 3.59. The molecule has 20 heavy (non-hydrogen) atoms. The molecule has 0 bridgehead atoms. The minimum atomic E-state index is -3.70. The van der Waals surface area contributed by atoms with E-state index in [9.17, 15) is 13.5 Å². The van der Waals surface area contributed by atoms with Gasteiger partial charge in [0, 0.05) is 6.07 Å². The lowest BCUT2D eigenvalue weighted by Gasteiger charge is -2.11. The molecule has 0 radical (unpaired) electrons. The van der Waals surface area contributed by atoms with E-state index in [4.69, 9.17) is 5.73 Å². The normalized spacial score (nSPS) is 11.3. The third-order valence-electron chi connectivity index (χ3n) is 3.07. The molecule has 0 aromatic heterocycles. The summed E-state index contributed by atoms with van der Waals surface area (Å²) in [5.74, 6) is -0.0170. The molecule has 106 valence electrons. The van der Waals surface area contributed by atoms with E-state index in [0.717, 1.165) is 11.1 Å². The lowest BCUT2D eigenvalue weighted by atomic mass is 10.1. The maximum absolute atomic E-state index is 12.3. The molecule has 0 saturated carbocycles. The fourth-order valence-electron chi connectivity index (χ4n) is 1.73. The Hall–Kier alpha value is -2.21. The van der Waals surface area contributed by atoms with Gasteiger partial charge in [0.1, 0.15) is 5.75 Å². The average molecular weight is 292 g/mol. The fraction of sp³-hybridized carbons (Fsp3) is 0.143. The summed E-state index contributed by atoms with van der Waals surface area (Å²) in [5, 5.41) is 9.26. The first-order chi connectivity index (χ1) is 9.29. The maximum atomic E-state index is 12.3. The number of benzene rings is 2. The lowest BCUT2D eigenvalue weighted by Crippen LogP contribution is -2.14. The molecule has 2 rings (SSSR count). The molecule has 0 unspecified atom stereocenters. The Balaban J connectivity index is 2.38. The number of phenolic OH excluding ortho intramolecular Hbond substituents is 1. The third kappa shape index (κ3) is 2.85. The fourth-order valence-corrected chi connectivity index (χ4v) is 2.90. The van der Waals surface area contributed by atoms with Crippen molar-refractivity contribution >= 4 is 21.4 Å². The zero-order valence-electron chi connectivity index (χ0n) is 11.2. The third-order valence-corrected chi connectivity index (χ3v) is 4.43. The van der Waals surface area contributed by atoms with Gasteiger partial charge in [0.05, 0.1) is 16.3 Å². The van der Waals surface area contributed by atoms with Gasteiger partial charge in [-0.05, 0) is 49.2 Å². The van der Waals surface area contributed by atoms with Gasteiger partial charge in [0.25, 0.3) is 10.0 Å². The van der Waals surface area contributed by atoms with E-state index in [2.05, 4.69) is 4.72 Å². The van der Waals surface area contributed by atoms with E-state index in [-0.39, 0.29) is 22.0 Å². The largest absolute Gasteiger partial charge is 0.508 e. The Morgan fingerprint density at radius 1 is 1.05 bits per heavy atom. The van der Waals surface area contributed by atoms with Gasteiger partial charge in [-0.3, -0.25) is 4.72 Å². The summed E-state index contributed by atoms with van der Waals surface area (Å²) in [7, 11) is -3.70. The van der Waals surface area contributed by atoms with Gasteiger partial charge in [-0.25, -0.2) is 8.42 Å². The highest BCUT2D eigenvalue weighted by atomic mass is 32.2.